The standard InChI is InChI=1S/C18H28Cl2F3N5.HI/c1-3-24-17(26-11-14-10-15(19)16(20)27(14)2)25-7-4-13-5-8-28(9-6-13)12-18(21,22)23;/h10,13H,3-9,11-12H2,1-2H3,(H2,24,25,26);1H. The summed E-state index contributed by atoms with van der Waals surface area (Å²) in [6.07, 6.45) is -1.61. The summed E-state index contributed by atoms with van der Waals surface area (Å²) in [5.41, 5.74) is 0.907. The maximum Gasteiger partial charge on any atom is 0.401 e. The minimum atomic E-state index is -4.11. The Morgan fingerprint density at radius 1 is 1.24 bits per heavy atom. The second kappa shape index (κ2) is 12.5. The van der Waals surface area contributed by atoms with Crippen molar-refractivity contribution in [1.29, 1.82) is 0 Å². The van der Waals surface area contributed by atoms with Crippen LogP contribution in [0.2, 0.25) is 10.2 Å². The number of alkyl halides is 3. The van der Waals surface area contributed by atoms with E-state index in [0.29, 0.717) is 41.7 Å². The molecular formula is C18H29Cl2F3IN5. The van der Waals surface area contributed by atoms with Crippen molar-refractivity contribution >= 4 is 53.1 Å². The molecule has 1 aromatic rings. The number of hydrogen-bond acceptors (Lipinski definition) is 2. The number of nitrogens with zero attached hydrogens (tertiary/aromatic N) is 3. The van der Waals surface area contributed by atoms with E-state index in [1.54, 1.807) is 10.6 Å². The highest BCUT2D eigenvalue weighted by Crippen LogP contribution is 2.26. The number of aromatic nitrogens is 1. The van der Waals surface area contributed by atoms with Gasteiger partial charge in [-0.1, -0.05) is 23.2 Å². The van der Waals surface area contributed by atoms with Crippen molar-refractivity contribution in [2.75, 3.05) is 32.7 Å². The lowest BCUT2D eigenvalue weighted by molar-refractivity contribution is -0.148. The first kappa shape index (κ1) is 26.6. The van der Waals surface area contributed by atoms with Crippen molar-refractivity contribution in [1.82, 2.24) is 20.1 Å². The van der Waals surface area contributed by atoms with E-state index < -0.39 is 12.7 Å². The normalized spacial score (nSPS) is 16.6. The molecule has 0 aromatic carbocycles. The molecule has 0 radical (unpaired) electrons. The van der Waals surface area contributed by atoms with Crippen LogP contribution in [0.4, 0.5) is 13.2 Å². The van der Waals surface area contributed by atoms with Gasteiger partial charge >= 0.3 is 6.18 Å². The summed E-state index contributed by atoms with van der Waals surface area (Å²) in [5, 5.41) is 7.48. The first-order chi connectivity index (χ1) is 13.2. The Hall–Kier alpha value is -0.390. The number of hydrogen-bond donors (Lipinski definition) is 2. The lowest BCUT2D eigenvalue weighted by Crippen LogP contribution is -2.41. The predicted molar refractivity (Wildman–Crippen MR) is 124 cm³/mol. The smallest absolute Gasteiger partial charge is 0.357 e. The number of guanidine groups is 1. The van der Waals surface area contributed by atoms with Crippen molar-refractivity contribution in [3.8, 4) is 0 Å². The van der Waals surface area contributed by atoms with Gasteiger partial charge in [-0.3, -0.25) is 4.90 Å². The van der Waals surface area contributed by atoms with Gasteiger partial charge in [0.1, 0.15) is 5.15 Å². The van der Waals surface area contributed by atoms with Crippen molar-refractivity contribution in [3.05, 3.63) is 21.9 Å². The molecular weight excluding hydrogens is 541 g/mol. The molecule has 1 fully saturated rings. The highest BCUT2D eigenvalue weighted by atomic mass is 127. The van der Waals surface area contributed by atoms with E-state index in [1.807, 2.05) is 14.0 Å². The molecule has 0 amide bonds. The quantitative estimate of drug-likeness (QED) is 0.285. The molecule has 0 unspecified atom stereocenters. The number of likely N-dealkylation sites (tertiary alicyclic amines) is 1. The zero-order valence-corrected chi connectivity index (χ0v) is 20.5. The van der Waals surface area contributed by atoms with Crippen LogP contribution < -0.4 is 10.6 Å². The molecule has 0 bridgehead atoms. The van der Waals surface area contributed by atoms with Gasteiger partial charge < -0.3 is 15.2 Å². The first-order valence-corrected chi connectivity index (χ1v) is 10.3. The van der Waals surface area contributed by atoms with E-state index in [2.05, 4.69) is 15.6 Å². The molecule has 168 valence electrons. The second-order valence-electron chi connectivity index (χ2n) is 7.08. The highest BCUT2D eigenvalue weighted by molar-refractivity contribution is 14.0. The first-order valence-electron chi connectivity index (χ1n) is 9.50. The molecule has 0 saturated carbocycles. The van der Waals surface area contributed by atoms with Crippen LogP contribution in [0, 0.1) is 5.92 Å². The minimum Gasteiger partial charge on any atom is -0.357 e. The minimum absolute atomic E-state index is 0. The van der Waals surface area contributed by atoms with Crippen LogP contribution in [-0.2, 0) is 13.6 Å². The molecule has 29 heavy (non-hydrogen) atoms. The Bertz CT molecular complexity index is 659. The molecule has 1 aliphatic rings. The van der Waals surface area contributed by atoms with Crippen LogP contribution in [-0.4, -0.2) is 54.3 Å². The Morgan fingerprint density at radius 3 is 2.41 bits per heavy atom. The van der Waals surface area contributed by atoms with E-state index in [1.165, 1.54) is 4.90 Å². The fourth-order valence-electron chi connectivity index (χ4n) is 3.32. The van der Waals surface area contributed by atoms with E-state index in [4.69, 9.17) is 23.2 Å². The zero-order chi connectivity index (χ0) is 20.7. The maximum atomic E-state index is 12.5. The fraction of sp³-hybridized carbons (Fsp3) is 0.722. The van der Waals surface area contributed by atoms with Crippen LogP contribution in [0.5, 0.6) is 0 Å². The summed E-state index contributed by atoms with van der Waals surface area (Å²) in [6, 6.07) is 1.80. The lowest BCUT2D eigenvalue weighted by atomic mass is 9.93. The third kappa shape index (κ3) is 9.10. The van der Waals surface area contributed by atoms with Gasteiger partial charge in [0.15, 0.2) is 5.96 Å². The number of nitrogens with one attached hydrogen (secondary N) is 2. The van der Waals surface area contributed by atoms with Gasteiger partial charge in [0.05, 0.1) is 18.1 Å². The summed E-state index contributed by atoms with van der Waals surface area (Å²) >= 11 is 12.1. The van der Waals surface area contributed by atoms with E-state index in [0.717, 1.165) is 38.0 Å². The average Bonchev–Trinajstić information content (AvgIpc) is 2.87. The van der Waals surface area contributed by atoms with Gasteiger partial charge in [-0.25, -0.2) is 4.99 Å². The van der Waals surface area contributed by atoms with Gasteiger partial charge in [-0.15, -0.1) is 24.0 Å². The van der Waals surface area contributed by atoms with Crippen molar-refractivity contribution in [3.63, 3.8) is 0 Å². The summed E-state index contributed by atoms with van der Waals surface area (Å²) < 4.78 is 39.2. The summed E-state index contributed by atoms with van der Waals surface area (Å²) in [5.74, 6) is 1.13. The number of halogens is 6. The molecule has 1 aromatic heterocycles. The molecule has 5 nitrogen and oxygen atoms in total. The third-order valence-corrected chi connectivity index (χ3v) is 5.76. The van der Waals surface area contributed by atoms with Crippen LogP contribution in [0.25, 0.3) is 0 Å². The van der Waals surface area contributed by atoms with Crippen LogP contribution in [0.15, 0.2) is 11.1 Å². The molecule has 0 spiro atoms. The molecule has 0 aliphatic carbocycles. The molecule has 11 heteroatoms. The zero-order valence-electron chi connectivity index (χ0n) is 16.7. The SMILES string of the molecule is CCNC(=NCc1cc(Cl)c(Cl)n1C)NCCC1CCN(CC(F)(F)F)CC1.I. The van der Waals surface area contributed by atoms with Gasteiger partial charge in [0, 0.05) is 25.8 Å². The largest absolute Gasteiger partial charge is 0.401 e. The van der Waals surface area contributed by atoms with Crippen molar-refractivity contribution < 1.29 is 13.2 Å². The highest BCUT2D eigenvalue weighted by Gasteiger charge is 2.32. The molecule has 2 heterocycles. The van der Waals surface area contributed by atoms with Crippen molar-refractivity contribution in [2.24, 2.45) is 18.0 Å². The molecule has 2 N–H and O–H groups in total. The fourth-order valence-corrected chi connectivity index (χ4v) is 3.74. The van der Waals surface area contributed by atoms with Gasteiger partial charge in [0.2, 0.25) is 0 Å². The van der Waals surface area contributed by atoms with Crippen LogP contribution in [0.1, 0.15) is 31.9 Å². The van der Waals surface area contributed by atoms with E-state index >= 15 is 0 Å². The van der Waals surface area contributed by atoms with Gasteiger partial charge in [-0.2, -0.15) is 13.2 Å². The Labute approximate surface area is 197 Å². The molecule has 1 saturated heterocycles. The van der Waals surface area contributed by atoms with E-state index in [-0.39, 0.29) is 24.0 Å². The maximum absolute atomic E-state index is 12.5. The monoisotopic (exact) mass is 569 g/mol. The van der Waals surface area contributed by atoms with Gasteiger partial charge in [-0.05, 0) is 51.3 Å². The summed E-state index contributed by atoms with van der Waals surface area (Å²) in [7, 11) is 1.84. The summed E-state index contributed by atoms with van der Waals surface area (Å²) in [6.45, 7) is 4.10. The molecule has 1 aliphatic heterocycles. The third-order valence-electron chi connectivity index (χ3n) is 4.91. The summed E-state index contributed by atoms with van der Waals surface area (Å²) in [4.78, 5) is 6.05. The van der Waals surface area contributed by atoms with Crippen LogP contribution in [0.3, 0.4) is 0 Å². The lowest BCUT2D eigenvalue weighted by Gasteiger charge is -2.32. The van der Waals surface area contributed by atoms with Crippen molar-refractivity contribution in [2.45, 2.75) is 38.9 Å². The predicted octanol–water partition coefficient (Wildman–Crippen LogP) is 4.67. The Balaban J connectivity index is 0.00000420. The topological polar surface area (TPSA) is 44.6 Å². The number of rotatable bonds is 7. The number of aliphatic imine (C=N–C) groups is 1. The van der Waals surface area contributed by atoms with E-state index in [9.17, 15) is 13.2 Å². The second-order valence-corrected chi connectivity index (χ2v) is 7.84. The van der Waals surface area contributed by atoms with Crippen LogP contribution >= 0.6 is 47.2 Å². The molecule has 2 rings (SSSR count). The average molecular weight is 570 g/mol. The number of piperidine rings is 1. The van der Waals surface area contributed by atoms with Gasteiger partial charge in [0.25, 0.3) is 0 Å². The Morgan fingerprint density at radius 2 is 1.90 bits per heavy atom. The molecule has 0 atom stereocenters. The Kier molecular flexibility index (Phi) is 11.4.